The van der Waals surface area contributed by atoms with Gasteiger partial charge in [0.2, 0.25) is 11.8 Å². The maximum Gasteiger partial charge on any atom is 0.240 e. The molecule has 0 saturated carbocycles. The molecule has 1 aromatic carbocycles. The van der Waals surface area contributed by atoms with Crippen LogP contribution in [0.15, 0.2) is 34.9 Å². The van der Waals surface area contributed by atoms with Crippen molar-refractivity contribution in [3.8, 4) is 11.6 Å². The Bertz CT molecular complexity index is 530. The molecule has 3 N–H and O–H groups in total. The molecule has 1 heterocycles. The van der Waals surface area contributed by atoms with Crippen LogP contribution in [0.2, 0.25) is 0 Å². The number of anilines is 1. The van der Waals surface area contributed by atoms with E-state index in [-0.39, 0.29) is 0 Å². The van der Waals surface area contributed by atoms with Crippen molar-refractivity contribution in [2.24, 2.45) is 5.84 Å². The number of halogens is 1. The molecule has 0 aliphatic heterocycles. The highest BCUT2D eigenvalue weighted by atomic mass is 79.9. The summed E-state index contributed by atoms with van der Waals surface area (Å²) in [7, 11) is 0. The first-order valence-electron chi connectivity index (χ1n) is 5.49. The number of rotatable bonds is 4. The first kappa shape index (κ1) is 12.8. The van der Waals surface area contributed by atoms with E-state index in [1.54, 1.807) is 6.20 Å². The van der Waals surface area contributed by atoms with Crippen molar-refractivity contribution in [1.82, 2.24) is 9.97 Å². The van der Waals surface area contributed by atoms with Gasteiger partial charge in [0, 0.05) is 0 Å². The Morgan fingerprint density at radius 1 is 1.33 bits per heavy atom. The number of aromatic nitrogens is 2. The number of nitrogen functional groups attached to an aromatic ring is 1. The number of nitrogens with two attached hydrogens (primary N) is 1. The first-order chi connectivity index (χ1) is 8.72. The fourth-order valence-electron chi connectivity index (χ4n) is 1.40. The van der Waals surface area contributed by atoms with Gasteiger partial charge < -0.3 is 4.74 Å². The normalized spacial score (nSPS) is 10.2. The molecule has 5 nitrogen and oxygen atoms in total. The van der Waals surface area contributed by atoms with Crippen LogP contribution in [0, 0.1) is 0 Å². The maximum atomic E-state index is 5.66. The van der Waals surface area contributed by atoms with Crippen molar-refractivity contribution in [2.75, 3.05) is 5.43 Å². The summed E-state index contributed by atoms with van der Waals surface area (Å²) in [4.78, 5) is 8.06. The second-order valence-electron chi connectivity index (χ2n) is 3.59. The minimum absolute atomic E-state index is 0.304. The zero-order valence-corrected chi connectivity index (χ0v) is 11.4. The van der Waals surface area contributed by atoms with Gasteiger partial charge in [0.15, 0.2) is 0 Å². The average Bonchev–Trinajstić information content (AvgIpc) is 2.42. The minimum Gasteiger partial charge on any atom is -0.438 e. The van der Waals surface area contributed by atoms with E-state index < -0.39 is 0 Å². The average molecular weight is 309 g/mol. The van der Waals surface area contributed by atoms with Crippen molar-refractivity contribution in [2.45, 2.75) is 13.3 Å². The molecule has 94 valence electrons. The van der Waals surface area contributed by atoms with Crippen LogP contribution in [0.1, 0.15) is 12.5 Å². The molecule has 0 fully saturated rings. The van der Waals surface area contributed by atoms with E-state index in [0.717, 1.165) is 12.2 Å². The van der Waals surface area contributed by atoms with Gasteiger partial charge >= 0.3 is 0 Å². The fourth-order valence-corrected chi connectivity index (χ4v) is 1.67. The quantitative estimate of drug-likeness (QED) is 0.671. The standard InChI is InChI=1S/C12H13BrN4O/c1-2-8-3-5-9(6-4-8)18-11-10(13)7-15-12(16-11)17-14/h3-7H,2,14H2,1H3,(H,15,16,17). The molecule has 0 unspecified atom stereocenters. The number of hydrazine groups is 1. The summed E-state index contributed by atoms with van der Waals surface area (Å²) >= 11 is 3.33. The number of ether oxygens (including phenoxy) is 1. The highest BCUT2D eigenvalue weighted by molar-refractivity contribution is 9.10. The van der Waals surface area contributed by atoms with Gasteiger partial charge in [0.1, 0.15) is 5.75 Å². The number of benzene rings is 1. The summed E-state index contributed by atoms with van der Waals surface area (Å²) in [5.74, 6) is 6.69. The van der Waals surface area contributed by atoms with Gasteiger partial charge in [-0.1, -0.05) is 19.1 Å². The second-order valence-corrected chi connectivity index (χ2v) is 4.44. The highest BCUT2D eigenvalue weighted by Crippen LogP contribution is 2.27. The molecule has 0 radical (unpaired) electrons. The molecule has 18 heavy (non-hydrogen) atoms. The van der Waals surface area contributed by atoms with Crippen LogP contribution in [0.3, 0.4) is 0 Å². The van der Waals surface area contributed by atoms with Gasteiger partial charge in [-0.05, 0) is 40.0 Å². The molecule has 0 bridgehead atoms. The van der Waals surface area contributed by atoms with Crippen molar-refractivity contribution >= 4 is 21.9 Å². The van der Waals surface area contributed by atoms with E-state index in [2.05, 4.69) is 38.2 Å². The lowest BCUT2D eigenvalue weighted by Gasteiger charge is -2.08. The smallest absolute Gasteiger partial charge is 0.240 e. The number of aryl methyl sites for hydroxylation is 1. The molecule has 0 aliphatic rings. The summed E-state index contributed by atoms with van der Waals surface area (Å²) in [6.45, 7) is 2.11. The molecule has 0 saturated heterocycles. The molecule has 0 atom stereocenters. The van der Waals surface area contributed by atoms with E-state index in [4.69, 9.17) is 10.6 Å². The Labute approximate surface area is 113 Å². The Kier molecular flexibility index (Phi) is 4.11. The third-order valence-electron chi connectivity index (χ3n) is 2.39. The van der Waals surface area contributed by atoms with Crippen LogP contribution in [0.4, 0.5) is 5.95 Å². The van der Waals surface area contributed by atoms with E-state index >= 15 is 0 Å². The second kappa shape index (κ2) is 5.79. The van der Waals surface area contributed by atoms with Gasteiger partial charge in [-0.3, -0.25) is 5.43 Å². The summed E-state index contributed by atoms with van der Waals surface area (Å²) < 4.78 is 6.33. The van der Waals surface area contributed by atoms with Crippen LogP contribution in [-0.4, -0.2) is 9.97 Å². The SMILES string of the molecule is CCc1ccc(Oc2nc(NN)ncc2Br)cc1. The molecule has 0 aliphatic carbocycles. The first-order valence-corrected chi connectivity index (χ1v) is 6.28. The predicted octanol–water partition coefficient (Wildman–Crippen LogP) is 2.88. The molecule has 2 aromatic rings. The Morgan fingerprint density at radius 2 is 2.06 bits per heavy atom. The van der Waals surface area contributed by atoms with Crippen LogP contribution in [0.5, 0.6) is 11.6 Å². The molecule has 0 spiro atoms. The van der Waals surface area contributed by atoms with E-state index in [9.17, 15) is 0 Å². The van der Waals surface area contributed by atoms with Gasteiger partial charge in [0.05, 0.1) is 10.7 Å². The fraction of sp³-hybridized carbons (Fsp3) is 0.167. The third-order valence-corrected chi connectivity index (χ3v) is 2.93. The van der Waals surface area contributed by atoms with Crippen molar-refractivity contribution in [1.29, 1.82) is 0 Å². The number of nitrogens with one attached hydrogen (secondary N) is 1. The van der Waals surface area contributed by atoms with Crippen LogP contribution in [0.25, 0.3) is 0 Å². The molecular weight excluding hydrogens is 296 g/mol. The molecule has 6 heteroatoms. The summed E-state index contributed by atoms with van der Waals surface area (Å²) in [5.41, 5.74) is 3.63. The minimum atomic E-state index is 0.304. The topological polar surface area (TPSA) is 73.1 Å². The Balaban J connectivity index is 2.21. The Hall–Kier alpha value is -1.66. The largest absolute Gasteiger partial charge is 0.438 e. The van der Waals surface area contributed by atoms with Crippen LogP contribution < -0.4 is 16.0 Å². The molecule has 2 rings (SSSR count). The lowest BCUT2D eigenvalue weighted by molar-refractivity contribution is 0.458. The van der Waals surface area contributed by atoms with Crippen molar-refractivity contribution in [3.05, 3.63) is 40.5 Å². The van der Waals surface area contributed by atoms with E-state index in [1.807, 2.05) is 24.3 Å². The lowest BCUT2D eigenvalue weighted by atomic mass is 10.2. The van der Waals surface area contributed by atoms with E-state index in [1.165, 1.54) is 5.56 Å². The van der Waals surface area contributed by atoms with E-state index in [0.29, 0.717) is 16.3 Å². The third kappa shape index (κ3) is 2.96. The van der Waals surface area contributed by atoms with Crippen molar-refractivity contribution < 1.29 is 4.74 Å². The molecule has 0 amide bonds. The number of nitrogens with zero attached hydrogens (tertiary/aromatic N) is 2. The lowest BCUT2D eigenvalue weighted by Crippen LogP contribution is -2.10. The number of hydrogen-bond donors (Lipinski definition) is 2. The predicted molar refractivity (Wildman–Crippen MR) is 73.4 cm³/mol. The molecule has 1 aromatic heterocycles. The van der Waals surface area contributed by atoms with Crippen molar-refractivity contribution in [3.63, 3.8) is 0 Å². The summed E-state index contributed by atoms with van der Waals surface area (Å²) in [5, 5.41) is 0. The van der Waals surface area contributed by atoms with Gasteiger partial charge in [-0.2, -0.15) is 4.98 Å². The monoisotopic (exact) mass is 308 g/mol. The zero-order chi connectivity index (χ0) is 13.0. The van der Waals surface area contributed by atoms with Crippen LogP contribution >= 0.6 is 15.9 Å². The maximum absolute atomic E-state index is 5.66. The highest BCUT2D eigenvalue weighted by Gasteiger charge is 2.07. The van der Waals surface area contributed by atoms with Gasteiger partial charge in [0.25, 0.3) is 0 Å². The van der Waals surface area contributed by atoms with Gasteiger partial charge in [-0.15, -0.1) is 0 Å². The molecular formula is C12H13BrN4O. The Morgan fingerprint density at radius 3 is 2.67 bits per heavy atom. The summed E-state index contributed by atoms with van der Waals surface area (Å²) in [6, 6.07) is 7.85. The zero-order valence-electron chi connectivity index (χ0n) is 9.85. The van der Waals surface area contributed by atoms with Crippen LogP contribution in [-0.2, 0) is 6.42 Å². The number of hydrogen-bond acceptors (Lipinski definition) is 5. The summed E-state index contributed by atoms with van der Waals surface area (Å²) in [6.07, 6.45) is 2.58. The van der Waals surface area contributed by atoms with Gasteiger partial charge in [-0.25, -0.2) is 10.8 Å².